The summed E-state index contributed by atoms with van der Waals surface area (Å²) in [6.07, 6.45) is 2.87. The van der Waals surface area contributed by atoms with Crippen molar-refractivity contribution in [2.45, 2.75) is 25.9 Å². The third kappa shape index (κ3) is 2.42. The monoisotopic (exact) mass is 181 g/mol. The predicted molar refractivity (Wildman–Crippen MR) is 50.7 cm³/mol. The third-order valence-electron chi connectivity index (χ3n) is 1.92. The maximum Gasteiger partial charge on any atom is 0.218 e. The summed E-state index contributed by atoms with van der Waals surface area (Å²) in [4.78, 5) is 4.02. The maximum absolute atomic E-state index is 9.71. The highest BCUT2D eigenvalue weighted by atomic mass is 16.5. The van der Waals surface area contributed by atoms with Gasteiger partial charge in [0.25, 0.3) is 0 Å². The molecule has 1 heterocycles. The topological polar surface area (TPSA) is 42.4 Å². The molecule has 0 bridgehead atoms. The molecule has 3 heteroatoms. The van der Waals surface area contributed by atoms with Crippen LogP contribution in [0.2, 0.25) is 0 Å². The van der Waals surface area contributed by atoms with Crippen molar-refractivity contribution in [3.05, 3.63) is 23.9 Å². The van der Waals surface area contributed by atoms with Crippen LogP contribution in [-0.2, 0) is 0 Å². The van der Waals surface area contributed by atoms with Crippen LogP contribution in [0, 0.1) is 0 Å². The van der Waals surface area contributed by atoms with Crippen molar-refractivity contribution in [1.82, 2.24) is 4.98 Å². The van der Waals surface area contributed by atoms with Crippen LogP contribution in [0.5, 0.6) is 5.88 Å². The Hall–Kier alpha value is -1.09. The van der Waals surface area contributed by atoms with E-state index in [4.69, 9.17) is 4.74 Å². The van der Waals surface area contributed by atoms with E-state index in [0.717, 1.165) is 18.4 Å². The van der Waals surface area contributed by atoms with Crippen molar-refractivity contribution in [3.8, 4) is 5.88 Å². The van der Waals surface area contributed by atoms with Gasteiger partial charge in [-0.25, -0.2) is 4.98 Å². The summed E-state index contributed by atoms with van der Waals surface area (Å²) in [5, 5.41) is 9.71. The molecule has 13 heavy (non-hydrogen) atoms. The second-order valence-corrected chi connectivity index (χ2v) is 2.91. The number of hydrogen-bond acceptors (Lipinski definition) is 3. The van der Waals surface area contributed by atoms with Crippen molar-refractivity contribution in [2.24, 2.45) is 0 Å². The summed E-state index contributed by atoms with van der Waals surface area (Å²) in [7, 11) is 1.56. The Bertz CT molecular complexity index is 263. The van der Waals surface area contributed by atoms with Gasteiger partial charge in [-0.1, -0.05) is 13.3 Å². The fraction of sp³-hybridized carbons (Fsp3) is 0.500. The summed E-state index contributed by atoms with van der Waals surface area (Å²) in [5.41, 5.74) is 0.770. The van der Waals surface area contributed by atoms with E-state index in [9.17, 15) is 5.11 Å². The summed E-state index contributed by atoms with van der Waals surface area (Å²) in [6.45, 7) is 2.03. The number of nitrogens with zero attached hydrogens (tertiary/aromatic N) is 1. The molecule has 1 aromatic heterocycles. The van der Waals surface area contributed by atoms with E-state index >= 15 is 0 Å². The lowest BCUT2D eigenvalue weighted by Gasteiger charge is -2.12. The van der Waals surface area contributed by atoms with Crippen LogP contribution in [0.25, 0.3) is 0 Å². The van der Waals surface area contributed by atoms with Gasteiger partial charge in [0, 0.05) is 11.8 Å². The Balaban J connectivity index is 2.85. The van der Waals surface area contributed by atoms with E-state index in [1.807, 2.05) is 13.0 Å². The molecule has 0 aromatic carbocycles. The number of aliphatic hydroxyl groups excluding tert-OH is 1. The number of rotatable bonds is 4. The molecule has 1 rings (SSSR count). The number of methoxy groups -OCH3 is 1. The number of aromatic nitrogens is 1. The second kappa shape index (κ2) is 4.82. The lowest BCUT2D eigenvalue weighted by Crippen LogP contribution is -2.01. The lowest BCUT2D eigenvalue weighted by molar-refractivity contribution is 0.161. The molecule has 1 atom stereocenters. The Labute approximate surface area is 78.4 Å². The average Bonchev–Trinajstić information content (AvgIpc) is 2.18. The first-order chi connectivity index (χ1) is 6.29. The van der Waals surface area contributed by atoms with E-state index in [1.54, 1.807) is 19.4 Å². The molecule has 1 aromatic rings. The van der Waals surface area contributed by atoms with Gasteiger partial charge in [0.2, 0.25) is 5.88 Å². The Morgan fingerprint density at radius 2 is 2.38 bits per heavy atom. The highest BCUT2D eigenvalue weighted by Crippen LogP contribution is 2.25. The van der Waals surface area contributed by atoms with Crippen LogP contribution < -0.4 is 4.74 Å². The molecule has 0 aliphatic rings. The molecule has 3 nitrogen and oxygen atoms in total. The molecule has 0 saturated heterocycles. The summed E-state index contributed by atoms with van der Waals surface area (Å²) >= 11 is 0. The van der Waals surface area contributed by atoms with Gasteiger partial charge in [-0.2, -0.15) is 0 Å². The normalized spacial score (nSPS) is 12.5. The van der Waals surface area contributed by atoms with Crippen LogP contribution in [-0.4, -0.2) is 17.2 Å². The minimum Gasteiger partial charge on any atom is -0.481 e. The minimum atomic E-state index is -0.464. The molecule has 1 N–H and O–H groups in total. The van der Waals surface area contributed by atoms with Crippen molar-refractivity contribution in [1.29, 1.82) is 0 Å². The Kier molecular flexibility index (Phi) is 3.71. The van der Waals surface area contributed by atoms with Gasteiger partial charge in [-0.3, -0.25) is 0 Å². The molecular weight excluding hydrogens is 166 g/mol. The zero-order valence-corrected chi connectivity index (χ0v) is 8.03. The maximum atomic E-state index is 9.71. The van der Waals surface area contributed by atoms with Crippen LogP contribution in [0.1, 0.15) is 31.4 Å². The molecule has 0 fully saturated rings. The predicted octanol–water partition coefficient (Wildman–Crippen LogP) is 1.92. The molecule has 1 unspecified atom stereocenters. The number of hydrogen-bond donors (Lipinski definition) is 1. The Morgan fingerprint density at radius 3 is 3.00 bits per heavy atom. The zero-order chi connectivity index (χ0) is 9.68. The van der Waals surface area contributed by atoms with E-state index in [0.29, 0.717) is 5.88 Å². The standard InChI is InChI=1S/C10H15NO2/c1-3-5-9(12)8-6-4-7-11-10(8)13-2/h4,6-7,9,12H,3,5H2,1-2H3. The van der Waals surface area contributed by atoms with Gasteiger partial charge in [0.05, 0.1) is 13.2 Å². The van der Waals surface area contributed by atoms with E-state index in [2.05, 4.69) is 4.98 Å². The van der Waals surface area contributed by atoms with Crippen LogP contribution in [0.4, 0.5) is 0 Å². The van der Waals surface area contributed by atoms with Crippen molar-refractivity contribution in [2.75, 3.05) is 7.11 Å². The van der Waals surface area contributed by atoms with E-state index in [-0.39, 0.29) is 0 Å². The molecule has 0 saturated carbocycles. The van der Waals surface area contributed by atoms with Crippen LogP contribution >= 0.6 is 0 Å². The van der Waals surface area contributed by atoms with Gasteiger partial charge in [-0.15, -0.1) is 0 Å². The van der Waals surface area contributed by atoms with Crippen molar-refractivity contribution >= 4 is 0 Å². The molecular formula is C10H15NO2. The quantitative estimate of drug-likeness (QED) is 0.771. The molecule has 0 aliphatic carbocycles. The minimum absolute atomic E-state index is 0.464. The first kappa shape index (κ1) is 9.99. The molecule has 0 radical (unpaired) electrons. The zero-order valence-electron chi connectivity index (χ0n) is 8.03. The van der Waals surface area contributed by atoms with Crippen LogP contribution in [0.3, 0.4) is 0 Å². The number of ether oxygens (including phenoxy) is 1. The van der Waals surface area contributed by atoms with E-state index in [1.165, 1.54) is 0 Å². The fourth-order valence-electron chi connectivity index (χ4n) is 1.26. The second-order valence-electron chi connectivity index (χ2n) is 2.91. The van der Waals surface area contributed by atoms with Gasteiger partial charge >= 0.3 is 0 Å². The first-order valence-electron chi connectivity index (χ1n) is 4.46. The number of pyridine rings is 1. The van der Waals surface area contributed by atoms with Crippen molar-refractivity contribution < 1.29 is 9.84 Å². The first-order valence-corrected chi connectivity index (χ1v) is 4.46. The molecule has 0 aliphatic heterocycles. The lowest BCUT2D eigenvalue weighted by atomic mass is 10.1. The summed E-state index contributed by atoms with van der Waals surface area (Å²) < 4.78 is 5.04. The van der Waals surface area contributed by atoms with E-state index < -0.39 is 6.10 Å². The van der Waals surface area contributed by atoms with Gasteiger partial charge in [0.15, 0.2) is 0 Å². The van der Waals surface area contributed by atoms with Gasteiger partial charge in [-0.05, 0) is 18.6 Å². The fourth-order valence-corrected chi connectivity index (χ4v) is 1.26. The summed E-state index contributed by atoms with van der Waals surface area (Å²) in [6, 6.07) is 3.64. The smallest absolute Gasteiger partial charge is 0.218 e. The number of aliphatic hydroxyl groups is 1. The van der Waals surface area contributed by atoms with Gasteiger partial charge < -0.3 is 9.84 Å². The molecule has 72 valence electrons. The average molecular weight is 181 g/mol. The molecule has 0 amide bonds. The largest absolute Gasteiger partial charge is 0.481 e. The highest BCUT2D eigenvalue weighted by Gasteiger charge is 2.11. The SMILES string of the molecule is CCCC(O)c1cccnc1OC. The van der Waals surface area contributed by atoms with Gasteiger partial charge in [0.1, 0.15) is 0 Å². The van der Waals surface area contributed by atoms with Crippen molar-refractivity contribution in [3.63, 3.8) is 0 Å². The Morgan fingerprint density at radius 1 is 1.62 bits per heavy atom. The molecule has 0 spiro atoms. The summed E-state index contributed by atoms with van der Waals surface area (Å²) in [5.74, 6) is 0.517. The highest BCUT2D eigenvalue weighted by molar-refractivity contribution is 5.27. The third-order valence-corrected chi connectivity index (χ3v) is 1.92. The van der Waals surface area contributed by atoms with Crippen LogP contribution in [0.15, 0.2) is 18.3 Å².